The van der Waals surface area contributed by atoms with Crippen molar-refractivity contribution in [3.63, 3.8) is 0 Å². The summed E-state index contributed by atoms with van der Waals surface area (Å²) in [6.45, 7) is 1.97. The van der Waals surface area contributed by atoms with E-state index >= 15 is 0 Å². The van der Waals surface area contributed by atoms with Gasteiger partial charge in [0.05, 0.1) is 28.0 Å². The summed E-state index contributed by atoms with van der Waals surface area (Å²) in [4.78, 5) is 17.9. The van der Waals surface area contributed by atoms with Crippen LogP contribution in [0.2, 0.25) is 0 Å². The Bertz CT molecular complexity index is 697. The van der Waals surface area contributed by atoms with E-state index in [1.807, 2.05) is 6.92 Å². The number of rotatable bonds is 3. The summed E-state index contributed by atoms with van der Waals surface area (Å²) in [6.07, 6.45) is 0. The van der Waals surface area contributed by atoms with Gasteiger partial charge in [0.25, 0.3) is 0 Å². The Morgan fingerprint density at radius 1 is 1.55 bits per heavy atom. The number of hydrogen-bond donors (Lipinski definition) is 0. The fraction of sp³-hybridized carbons (Fsp3) is 0.357. The molecule has 6 heteroatoms. The highest BCUT2D eigenvalue weighted by Gasteiger charge is 2.18. The predicted octanol–water partition coefficient (Wildman–Crippen LogP) is 2.30. The second-order valence-electron chi connectivity index (χ2n) is 4.78. The summed E-state index contributed by atoms with van der Waals surface area (Å²) in [6, 6.07) is 7.30. The van der Waals surface area contributed by atoms with Crippen molar-refractivity contribution in [1.82, 2.24) is 14.5 Å². The molecule has 0 saturated carbocycles. The topological polar surface area (TPSA) is 61.9 Å². The lowest BCUT2D eigenvalue weighted by Crippen LogP contribution is -2.27. The summed E-state index contributed by atoms with van der Waals surface area (Å²) < 4.78 is 1.77. The molecular formula is C14H15ClN4O. The van der Waals surface area contributed by atoms with E-state index in [-0.39, 0.29) is 17.8 Å². The van der Waals surface area contributed by atoms with Crippen LogP contribution in [0.15, 0.2) is 18.2 Å². The second-order valence-corrected chi connectivity index (χ2v) is 5.43. The molecule has 0 fully saturated rings. The first-order valence-electron chi connectivity index (χ1n) is 6.18. The Morgan fingerprint density at radius 2 is 2.25 bits per heavy atom. The molecule has 104 valence electrons. The number of imidazole rings is 1. The molecule has 2 aromatic rings. The van der Waals surface area contributed by atoms with Crippen LogP contribution >= 0.6 is 11.6 Å². The van der Waals surface area contributed by atoms with E-state index < -0.39 is 0 Å². The fourth-order valence-corrected chi connectivity index (χ4v) is 2.12. The third-order valence-corrected chi connectivity index (χ3v) is 3.25. The number of nitriles is 1. The first kappa shape index (κ1) is 14.4. The number of amides is 1. The zero-order valence-corrected chi connectivity index (χ0v) is 12.3. The quantitative estimate of drug-likeness (QED) is 0.815. The molecule has 0 saturated heterocycles. The van der Waals surface area contributed by atoms with Gasteiger partial charge in [-0.15, -0.1) is 11.6 Å². The average Bonchev–Trinajstić information content (AvgIpc) is 2.76. The molecule has 0 aliphatic rings. The highest BCUT2D eigenvalue weighted by molar-refractivity contribution is 6.20. The van der Waals surface area contributed by atoms with Crippen molar-refractivity contribution in [1.29, 1.82) is 5.26 Å². The fourth-order valence-electron chi connectivity index (χ4n) is 1.96. The molecule has 1 aromatic carbocycles. The van der Waals surface area contributed by atoms with Crippen molar-refractivity contribution >= 4 is 28.5 Å². The van der Waals surface area contributed by atoms with Crippen LogP contribution in [0.25, 0.3) is 11.0 Å². The van der Waals surface area contributed by atoms with Gasteiger partial charge in [0.2, 0.25) is 5.91 Å². The third kappa shape index (κ3) is 2.61. The molecule has 0 aliphatic carbocycles. The van der Waals surface area contributed by atoms with E-state index in [9.17, 15) is 4.79 Å². The van der Waals surface area contributed by atoms with Gasteiger partial charge in [-0.2, -0.15) is 5.26 Å². The number of carbonyl (C=O) groups is 1. The summed E-state index contributed by atoms with van der Waals surface area (Å²) in [5.74, 6) is 0.581. The van der Waals surface area contributed by atoms with Crippen molar-refractivity contribution in [2.75, 3.05) is 14.1 Å². The maximum absolute atomic E-state index is 12.0. The van der Waals surface area contributed by atoms with Crippen LogP contribution in [0.5, 0.6) is 0 Å². The number of hydrogen-bond acceptors (Lipinski definition) is 3. The lowest BCUT2D eigenvalue weighted by molar-refractivity contribution is -0.129. The summed E-state index contributed by atoms with van der Waals surface area (Å²) in [5, 5.41) is 8.68. The summed E-state index contributed by atoms with van der Waals surface area (Å²) in [5.41, 5.74) is 2.02. The van der Waals surface area contributed by atoms with Crippen LogP contribution in [0, 0.1) is 11.3 Å². The van der Waals surface area contributed by atoms with Crippen LogP contribution in [0.3, 0.4) is 0 Å². The number of likely N-dealkylation sites (N-methyl/N-ethyl adjacent to an activating group) is 1. The first-order valence-corrected chi connectivity index (χ1v) is 6.62. The number of nitrogens with zero attached hydrogens (tertiary/aromatic N) is 4. The second kappa shape index (κ2) is 5.51. The van der Waals surface area contributed by atoms with Gasteiger partial charge in [-0.3, -0.25) is 4.79 Å². The molecular weight excluding hydrogens is 276 g/mol. The molecule has 1 aromatic heterocycles. The van der Waals surface area contributed by atoms with Crippen molar-refractivity contribution in [2.24, 2.45) is 0 Å². The Balaban J connectivity index is 2.61. The molecule has 2 rings (SSSR count). The minimum absolute atomic E-state index is 0.0507. The molecule has 0 N–H and O–H groups in total. The van der Waals surface area contributed by atoms with Crippen LogP contribution in [0.4, 0.5) is 0 Å². The third-order valence-electron chi connectivity index (χ3n) is 3.05. The molecule has 0 aliphatic heterocycles. The Morgan fingerprint density at radius 3 is 2.80 bits per heavy atom. The Labute approximate surface area is 122 Å². The average molecular weight is 291 g/mol. The van der Waals surface area contributed by atoms with Gasteiger partial charge in [-0.25, -0.2) is 4.98 Å². The van der Waals surface area contributed by atoms with Crippen molar-refractivity contribution in [3.8, 4) is 6.07 Å². The molecule has 0 radical (unpaired) electrons. The molecule has 1 atom stereocenters. The lowest BCUT2D eigenvalue weighted by Gasteiger charge is -2.14. The highest BCUT2D eigenvalue weighted by Crippen LogP contribution is 2.25. The van der Waals surface area contributed by atoms with Gasteiger partial charge >= 0.3 is 0 Å². The zero-order chi connectivity index (χ0) is 14.9. The molecule has 1 unspecified atom stereocenters. The normalized spacial score (nSPS) is 12.2. The van der Waals surface area contributed by atoms with E-state index in [4.69, 9.17) is 16.9 Å². The number of carbonyl (C=O) groups excluding carboxylic acids is 1. The number of fused-ring (bicyclic) bond motifs is 1. The van der Waals surface area contributed by atoms with Crippen molar-refractivity contribution < 1.29 is 4.79 Å². The molecule has 1 heterocycles. The van der Waals surface area contributed by atoms with Gasteiger partial charge in [0, 0.05) is 14.1 Å². The van der Waals surface area contributed by atoms with E-state index in [2.05, 4.69) is 11.1 Å². The SMILES string of the molecule is CC(Cl)c1nc2ccc(C#N)cc2n1CC(=O)N(C)C. The largest absolute Gasteiger partial charge is 0.347 e. The first-order chi connectivity index (χ1) is 9.43. The number of halogens is 1. The Hall–Kier alpha value is -2.06. The maximum Gasteiger partial charge on any atom is 0.242 e. The summed E-state index contributed by atoms with van der Waals surface area (Å²) in [7, 11) is 3.40. The molecule has 20 heavy (non-hydrogen) atoms. The van der Waals surface area contributed by atoms with E-state index in [0.29, 0.717) is 11.4 Å². The predicted molar refractivity (Wildman–Crippen MR) is 77.4 cm³/mol. The molecule has 1 amide bonds. The van der Waals surface area contributed by atoms with Gasteiger partial charge < -0.3 is 9.47 Å². The Kier molecular flexibility index (Phi) is 3.96. The van der Waals surface area contributed by atoms with Gasteiger partial charge in [0.1, 0.15) is 12.4 Å². The molecule has 0 spiro atoms. The van der Waals surface area contributed by atoms with Gasteiger partial charge in [-0.1, -0.05) is 0 Å². The molecule has 5 nitrogen and oxygen atoms in total. The molecule has 0 bridgehead atoms. The van der Waals surface area contributed by atoms with Crippen molar-refractivity contribution in [3.05, 3.63) is 29.6 Å². The minimum Gasteiger partial charge on any atom is -0.347 e. The van der Waals surface area contributed by atoms with Gasteiger partial charge in [0.15, 0.2) is 0 Å². The van der Waals surface area contributed by atoms with Crippen LogP contribution in [-0.2, 0) is 11.3 Å². The number of benzene rings is 1. The summed E-state index contributed by atoms with van der Waals surface area (Å²) >= 11 is 6.14. The number of aromatic nitrogens is 2. The van der Waals surface area contributed by atoms with Crippen LogP contribution in [0.1, 0.15) is 23.7 Å². The lowest BCUT2D eigenvalue weighted by atomic mass is 10.2. The standard InChI is InChI=1S/C14H15ClN4O/c1-9(15)14-17-11-5-4-10(7-16)6-12(11)19(14)8-13(20)18(2)3/h4-6,9H,8H2,1-3H3. The maximum atomic E-state index is 12.0. The van der Waals surface area contributed by atoms with Crippen molar-refractivity contribution in [2.45, 2.75) is 18.8 Å². The van der Waals surface area contributed by atoms with Crippen LogP contribution in [-0.4, -0.2) is 34.5 Å². The monoisotopic (exact) mass is 290 g/mol. The van der Waals surface area contributed by atoms with Crippen LogP contribution < -0.4 is 0 Å². The smallest absolute Gasteiger partial charge is 0.242 e. The van der Waals surface area contributed by atoms with E-state index in [0.717, 1.165) is 11.0 Å². The minimum atomic E-state index is -0.317. The van der Waals surface area contributed by atoms with Gasteiger partial charge in [-0.05, 0) is 25.1 Å². The zero-order valence-electron chi connectivity index (χ0n) is 11.6. The highest BCUT2D eigenvalue weighted by atomic mass is 35.5. The number of alkyl halides is 1. The van der Waals surface area contributed by atoms with E-state index in [1.54, 1.807) is 36.9 Å². The van der Waals surface area contributed by atoms with E-state index in [1.165, 1.54) is 4.90 Å².